The monoisotopic (exact) mass is 130 g/mol. The van der Waals surface area contributed by atoms with E-state index in [-0.39, 0.29) is 12.7 Å². The topological polar surface area (TPSA) is 46.2 Å². The largest absolute Gasteiger partial charge is 0.376 e. The lowest BCUT2D eigenvalue weighted by Gasteiger charge is -2.22. The first-order valence-electron chi connectivity index (χ1n) is 2.83. The van der Waals surface area contributed by atoms with Gasteiger partial charge in [0.1, 0.15) is 6.61 Å². The second-order valence-corrected chi connectivity index (χ2v) is 1.65. The first-order chi connectivity index (χ1) is 4.35. The molecule has 0 saturated carbocycles. The van der Waals surface area contributed by atoms with E-state index < -0.39 is 0 Å². The van der Waals surface area contributed by atoms with E-state index in [0.29, 0.717) is 0 Å². The lowest BCUT2D eigenvalue weighted by molar-refractivity contribution is -0.0911. The molecule has 0 spiro atoms. The van der Waals surface area contributed by atoms with E-state index in [1.54, 1.807) is 0 Å². The van der Waals surface area contributed by atoms with E-state index in [4.69, 9.17) is 9.53 Å². The van der Waals surface area contributed by atoms with E-state index in [0.717, 1.165) is 13.0 Å². The fraction of sp³-hybridized carbons (Fsp3) is 0.833. The summed E-state index contributed by atoms with van der Waals surface area (Å²) >= 11 is 0. The predicted octanol–water partition coefficient (Wildman–Crippen LogP) is 0.322. The first-order valence-corrected chi connectivity index (χ1v) is 2.83. The molecule has 1 aliphatic rings. The summed E-state index contributed by atoms with van der Waals surface area (Å²) in [4.78, 5) is 8.68. The highest BCUT2D eigenvalue weighted by atomic mass is 16.5. The molecule has 9 heavy (non-hydrogen) atoms. The maximum Gasteiger partial charge on any atom is 0.195 e. The lowest BCUT2D eigenvalue weighted by atomic mass is 10.2. The zero-order valence-corrected chi connectivity index (χ0v) is 5.42. The number of rotatable bonds is 1. The third-order valence-corrected chi connectivity index (χ3v) is 0.979. The molecule has 1 unspecified atom stereocenters. The van der Waals surface area contributed by atoms with Gasteiger partial charge in [0.05, 0.1) is 6.10 Å². The SMILES string of the molecule is C[C]=O.[O]CC1CCO1. The zero-order chi connectivity index (χ0) is 7.11. The van der Waals surface area contributed by atoms with Crippen LogP contribution < -0.4 is 0 Å². The summed E-state index contributed by atoms with van der Waals surface area (Å²) in [6, 6.07) is 0. The van der Waals surface area contributed by atoms with Crippen molar-refractivity contribution in [2.75, 3.05) is 13.2 Å². The maximum absolute atomic E-state index is 9.79. The van der Waals surface area contributed by atoms with Crippen LogP contribution in [0.1, 0.15) is 13.3 Å². The van der Waals surface area contributed by atoms with E-state index in [1.165, 1.54) is 13.2 Å². The summed E-state index contributed by atoms with van der Waals surface area (Å²) in [7, 11) is 0. The average molecular weight is 130 g/mol. The van der Waals surface area contributed by atoms with Gasteiger partial charge in [-0.3, -0.25) is 4.79 Å². The molecule has 0 aliphatic carbocycles. The zero-order valence-electron chi connectivity index (χ0n) is 5.42. The molecule has 0 amide bonds. The lowest BCUT2D eigenvalue weighted by Crippen LogP contribution is -2.29. The molecule has 0 aromatic rings. The third kappa shape index (κ3) is 4.12. The summed E-state index contributed by atoms with van der Waals surface area (Å²) in [6.07, 6.45) is 2.54. The van der Waals surface area contributed by atoms with Gasteiger partial charge in [-0.25, -0.2) is 5.11 Å². The summed E-state index contributed by atoms with van der Waals surface area (Å²) in [5.74, 6) is 0. The van der Waals surface area contributed by atoms with Gasteiger partial charge in [-0.15, -0.1) is 0 Å². The van der Waals surface area contributed by atoms with Crippen molar-refractivity contribution >= 4 is 6.29 Å². The third-order valence-electron chi connectivity index (χ3n) is 0.979. The molecule has 1 rings (SSSR count). The van der Waals surface area contributed by atoms with Crippen LogP contribution in [0.5, 0.6) is 0 Å². The van der Waals surface area contributed by atoms with Gasteiger partial charge < -0.3 is 4.74 Å². The van der Waals surface area contributed by atoms with Crippen LogP contribution in [0.3, 0.4) is 0 Å². The Morgan fingerprint density at radius 1 is 1.78 bits per heavy atom. The van der Waals surface area contributed by atoms with Crippen LogP contribution in [0.2, 0.25) is 0 Å². The smallest absolute Gasteiger partial charge is 0.195 e. The molecule has 2 radical (unpaired) electrons. The van der Waals surface area contributed by atoms with Gasteiger partial charge in [0.2, 0.25) is 0 Å². The van der Waals surface area contributed by atoms with Crippen LogP contribution in [0.25, 0.3) is 0 Å². The molecule has 1 atom stereocenters. The summed E-state index contributed by atoms with van der Waals surface area (Å²) in [6.45, 7) is 2.06. The fourth-order valence-corrected chi connectivity index (χ4v) is 0.416. The van der Waals surface area contributed by atoms with Gasteiger partial charge >= 0.3 is 0 Å². The van der Waals surface area contributed by atoms with E-state index >= 15 is 0 Å². The van der Waals surface area contributed by atoms with Crippen molar-refractivity contribution in [3.05, 3.63) is 0 Å². The van der Waals surface area contributed by atoms with Gasteiger partial charge in [-0.2, -0.15) is 0 Å². The standard InChI is InChI=1S/C4H7O2.C2H3O/c5-3-4-1-2-6-4;1-2-3/h4H,1-3H2;1H3. The van der Waals surface area contributed by atoms with Gasteiger partial charge in [0.15, 0.2) is 6.29 Å². The van der Waals surface area contributed by atoms with Gasteiger partial charge in [-0.1, -0.05) is 0 Å². The molecule has 0 aromatic carbocycles. The van der Waals surface area contributed by atoms with Crippen LogP contribution in [0.4, 0.5) is 0 Å². The van der Waals surface area contributed by atoms with Crippen LogP contribution in [-0.2, 0) is 14.6 Å². The van der Waals surface area contributed by atoms with Crippen LogP contribution >= 0.6 is 0 Å². The molecular formula is C6H10O3. The number of carbonyl (C=O) groups excluding carboxylic acids is 1. The molecular weight excluding hydrogens is 120 g/mol. The van der Waals surface area contributed by atoms with E-state index in [9.17, 15) is 5.11 Å². The van der Waals surface area contributed by atoms with Gasteiger partial charge in [0, 0.05) is 13.5 Å². The highest BCUT2D eigenvalue weighted by molar-refractivity contribution is 5.45. The molecule has 0 bridgehead atoms. The minimum atomic E-state index is -0.0556. The molecule has 1 heterocycles. The second-order valence-electron chi connectivity index (χ2n) is 1.65. The molecule has 0 aromatic heterocycles. The van der Waals surface area contributed by atoms with Crippen molar-refractivity contribution in [2.24, 2.45) is 0 Å². The summed E-state index contributed by atoms with van der Waals surface area (Å²) < 4.78 is 4.77. The molecule has 3 nitrogen and oxygen atoms in total. The summed E-state index contributed by atoms with van der Waals surface area (Å²) in [5.41, 5.74) is 0. The Balaban J connectivity index is 0.000000187. The Morgan fingerprint density at radius 3 is 2.22 bits per heavy atom. The Morgan fingerprint density at radius 2 is 2.22 bits per heavy atom. The summed E-state index contributed by atoms with van der Waals surface area (Å²) in [5, 5.41) is 9.79. The number of hydrogen-bond donors (Lipinski definition) is 0. The second kappa shape index (κ2) is 5.72. The highest BCUT2D eigenvalue weighted by Gasteiger charge is 2.16. The molecule has 1 saturated heterocycles. The van der Waals surface area contributed by atoms with Gasteiger partial charge in [0.25, 0.3) is 0 Å². The molecule has 1 fully saturated rings. The van der Waals surface area contributed by atoms with Crippen molar-refractivity contribution in [2.45, 2.75) is 19.4 Å². The Hall–Kier alpha value is -0.410. The Kier molecular flexibility index (Phi) is 5.46. The Labute approximate surface area is 54.6 Å². The number of ether oxygens (including phenoxy) is 1. The van der Waals surface area contributed by atoms with Gasteiger partial charge in [-0.05, 0) is 6.42 Å². The number of hydrogen-bond acceptors (Lipinski definition) is 2. The fourth-order valence-electron chi connectivity index (χ4n) is 0.416. The van der Waals surface area contributed by atoms with Crippen LogP contribution in [0.15, 0.2) is 0 Å². The normalized spacial score (nSPS) is 23.1. The highest BCUT2D eigenvalue weighted by Crippen LogP contribution is 2.08. The van der Waals surface area contributed by atoms with E-state index in [2.05, 4.69) is 0 Å². The van der Waals surface area contributed by atoms with E-state index in [1.807, 2.05) is 0 Å². The molecule has 1 aliphatic heterocycles. The van der Waals surface area contributed by atoms with Crippen molar-refractivity contribution in [3.8, 4) is 0 Å². The van der Waals surface area contributed by atoms with Crippen molar-refractivity contribution < 1.29 is 14.6 Å². The van der Waals surface area contributed by atoms with Crippen molar-refractivity contribution in [3.63, 3.8) is 0 Å². The molecule has 52 valence electrons. The van der Waals surface area contributed by atoms with Crippen LogP contribution in [-0.4, -0.2) is 25.6 Å². The first kappa shape index (κ1) is 8.59. The molecule has 3 heteroatoms. The average Bonchev–Trinajstić information content (AvgIpc) is 1.64. The van der Waals surface area contributed by atoms with Crippen molar-refractivity contribution in [1.82, 2.24) is 0 Å². The minimum absolute atomic E-state index is 0.0556. The Bertz CT molecular complexity index is 65.9. The van der Waals surface area contributed by atoms with Crippen LogP contribution in [0, 0.1) is 0 Å². The quantitative estimate of drug-likeness (QED) is 0.513. The molecule has 0 N–H and O–H groups in total. The maximum atomic E-state index is 9.79. The minimum Gasteiger partial charge on any atom is -0.376 e. The van der Waals surface area contributed by atoms with Crippen molar-refractivity contribution in [1.29, 1.82) is 0 Å². The predicted molar refractivity (Wildman–Crippen MR) is 31.3 cm³/mol.